The maximum absolute atomic E-state index is 13.8. The van der Waals surface area contributed by atoms with Crippen molar-refractivity contribution in [1.82, 2.24) is 25.7 Å². The predicted molar refractivity (Wildman–Crippen MR) is 127 cm³/mol. The van der Waals surface area contributed by atoms with Crippen LogP contribution in [0.4, 0.5) is 37.4 Å². The fourth-order valence-corrected chi connectivity index (χ4v) is 4.56. The summed E-state index contributed by atoms with van der Waals surface area (Å²) in [6, 6.07) is 0.250. The summed E-state index contributed by atoms with van der Waals surface area (Å²) in [5.41, 5.74) is 0.715. The Morgan fingerprint density at radius 2 is 2.00 bits per heavy atom. The Kier molecular flexibility index (Phi) is 8.44. The fourth-order valence-electron chi connectivity index (χ4n) is 4.56. The minimum absolute atomic E-state index is 0.00569. The van der Waals surface area contributed by atoms with Crippen LogP contribution >= 0.6 is 0 Å². The van der Waals surface area contributed by atoms with Crippen molar-refractivity contribution in [1.29, 1.82) is 0 Å². The number of amides is 4. The van der Waals surface area contributed by atoms with Gasteiger partial charge in [-0.3, -0.25) is 4.79 Å². The molecule has 0 spiro atoms. The number of ether oxygens (including phenoxy) is 1. The molecule has 16 heteroatoms. The average Bonchev–Trinajstić information content (AvgIpc) is 3.46. The minimum atomic E-state index is -4.60. The van der Waals surface area contributed by atoms with E-state index in [-0.39, 0.29) is 31.8 Å². The highest BCUT2D eigenvalue weighted by molar-refractivity contribution is 5.96. The summed E-state index contributed by atoms with van der Waals surface area (Å²) >= 11 is 0. The van der Waals surface area contributed by atoms with E-state index in [1.807, 2.05) is 5.32 Å². The van der Waals surface area contributed by atoms with Crippen LogP contribution < -0.4 is 16.0 Å². The number of alkyl halides is 5. The molecule has 218 valence electrons. The molecule has 1 aliphatic heterocycles. The Morgan fingerprint density at radius 3 is 2.62 bits per heavy atom. The monoisotopic (exact) mass is 574 g/mol. The van der Waals surface area contributed by atoms with Crippen molar-refractivity contribution in [2.45, 2.75) is 69.9 Å². The van der Waals surface area contributed by atoms with Gasteiger partial charge in [0, 0.05) is 31.6 Å². The first-order valence-corrected chi connectivity index (χ1v) is 12.4. The third-order valence-electron chi connectivity index (χ3n) is 6.65. The van der Waals surface area contributed by atoms with Gasteiger partial charge in [0.15, 0.2) is 0 Å². The third-order valence-corrected chi connectivity index (χ3v) is 6.65. The average molecular weight is 575 g/mol. The van der Waals surface area contributed by atoms with Crippen molar-refractivity contribution in [3.05, 3.63) is 41.4 Å². The van der Waals surface area contributed by atoms with Gasteiger partial charge in [-0.25, -0.2) is 23.4 Å². The number of aromatic nitrogens is 2. The Bertz CT molecular complexity index is 1230. The van der Waals surface area contributed by atoms with Crippen molar-refractivity contribution >= 4 is 23.8 Å². The molecule has 0 aromatic carbocycles. The number of hydrogen-bond donors (Lipinski definition) is 3. The van der Waals surface area contributed by atoms with Gasteiger partial charge in [0.25, 0.3) is 0 Å². The van der Waals surface area contributed by atoms with Crippen molar-refractivity contribution < 1.29 is 45.6 Å². The standard InChI is InChI=1S/C24H27F5N6O5/c1-13-8-16(34-40-13)12-39-22(38)33-19(15-2-5-23(25,26)6-3-15)20(36)32-18-9-14(4-7-30-18)10-35-11-17(24(27,28)29)31-21(35)37/h4,7-9,15,17,19H,2-3,5-6,10-12H2,1H3,(H,31,37)(H,33,38)(H,30,32,36)/t17-,19-/m0/s1. The second-order valence-corrected chi connectivity index (χ2v) is 9.78. The van der Waals surface area contributed by atoms with Gasteiger partial charge in [-0.2, -0.15) is 13.2 Å². The van der Waals surface area contributed by atoms with E-state index in [2.05, 4.69) is 20.8 Å². The largest absolute Gasteiger partial charge is 0.443 e. The van der Waals surface area contributed by atoms with E-state index in [9.17, 15) is 36.3 Å². The summed E-state index contributed by atoms with van der Waals surface area (Å²) < 4.78 is 76.4. The highest BCUT2D eigenvalue weighted by Gasteiger charge is 2.47. The lowest BCUT2D eigenvalue weighted by molar-refractivity contribution is -0.149. The van der Waals surface area contributed by atoms with E-state index >= 15 is 0 Å². The first-order chi connectivity index (χ1) is 18.8. The van der Waals surface area contributed by atoms with Crippen molar-refractivity contribution in [3.8, 4) is 0 Å². The normalized spacial score (nSPS) is 20.1. The summed E-state index contributed by atoms with van der Waals surface area (Å²) in [7, 11) is 0. The van der Waals surface area contributed by atoms with Crippen molar-refractivity contribution in [2.75, 3.05) is 11.9 Å². The number of rotatable bonds is 8. The quantitative estimate of drug-likeness (QED) is 0.407. The number of anilines is 1. The fraction of sp³-hybridized carbons (Fsp3) is 0.542. The zero-order chi connectivity index (χ0) is 29.1. The molecule has 3 N–H and O–H groups in total. The highest BCUT2D eigenvalue weighted by Crippen LogP contribution is 2.37. The molecule has 1 saturated carbocycles. The molecule has 2 atom stereocenters. The molecule has 1 aliphatic carbocycles. The number of nitrogens with zero attached hydrogens (tertiary/aromatic N) is 3. The van der Waals surface area contributed by atoms with Gasteiger partial charge in [0.2, 0.25) is 11.8 Å². The van der Waals surface area contributed by atoms with Crippen LogP contribution in [-0.4, -0.2) is 63.8 Å². The van der Waals surface area contributed by atoms with Gasteiger partial charge >= 0.3 is 18.3 Å². The van der Waals surface area contributed by atoms with Crippen LogP contribution in [0.3, 0.4) is 0 Å². The molecule has 1 saturated heterocycles. The van der Waals surface area contributed by atoms with Crippen LogP contribution in [0.5, 0.6) is 0 Å². The van der Waals surface area contributed by atoms with E-state index in [0.717, 1.165) is 4.90 Å². The topological polar surface area (TPSA) is 139 Å². The van der Waals surface area contributed by atoms with Crippen LogP contribution in [0, 0.1) is 12.8 Å². The number of pyridine rings is 1. The van der Waals surface area contributed by atoms with Gasteiger partial charge in [-0.1, -0.05) is 5.16 Å². The molecule has 0 bridgehead atoms. The Balaban J connectivity index is 1.41. The Hall–Kier alpha value is -3.98. The maximum atomic E-state index is 13.8. The van der Waals surface area contributed by atoms with Crippen LogP contribution in [0.25, 0.3) is 0 Å². The lowest BCUT2D eigenvalue weighted by atomic mass is 9.81. The summed E-state index contributed by atoms with van der Waals surface area (Å²) in [5, 5.41) is 10.5. The van der Waals surface area contributed by atoms with Crippen LogP contribution in [-0.2, 0) is 22.7 Å². The minimum Gasteiger partial charge on any atom is -0.443 e. The van der Waals surface area contributed by atoms with Crippen LogP contribution in [0.15, 0.2) is 28.9 Å². The molecule has 2 aromatic heterocycles. The zero-order valence-corrected chi connectivity index (χ0v) is 21.3. The maximum Gasteiger partial charge on any atom is 0.410 e. The van der Waals surface area contributed by atoms with Gasteiger partial charge in [0.05, 0.1) is 6.54 Å². The SMILES string of the molecule is Cc1cc(COC(=O)N[C@H](C(=O)Nc2cc(CN3C[C@@H](C(F)(F)F)NC3=O)ccn2)C2CCC(F)(F)CC2)no1. The van der Waals surface area contributed by atoms with Gasteiger partial charge in [-0.15, -0.1) is 0 Å². The molecule has 0 radical (unpaired) electrons. The lowest BCUT2D eigenvalue weighted by Crippen LogP contribution is -2.50. The van der Waals surface area contributed by atoms with Gasteiger partial charge in [-0.05, 0) is 43.4 Å². The number of alkyl carbamates (subject to hydrolysis) is 1. The third kappa shape index (κ3) is 7.57. The second-order valence-electron chi connectivity index (χ2n) is 9.78. The van der Waals surface area contributed by atoms with Crippen molar-refractivity contribution in [3.63, 3.8) is 0 Å². The molecule has 4 rings (SSSR count). The van der Waals surface area contributed by atoms with E-state index in [1.165, 1.54) is 18.3 Å². The predicted octanol–water partition coefficient (Wildman–Crippen LogP) is 3.89. The Labute approximate surface area is 224 Å². The summed E-state index contributed by atoms with van der Waals surface area (Å²) in [4.78, 5) is 42.7. The number of nitrogens with one attached hydrogen (secondary N) is 3. The molecule has 4 amide bonds. The highest BCUT2D eigenvalue weighted by atomic mass is 19.4. The summed E-state index contributed by atoms with van der Waals surface area (Å²) in [5.74, 6) is -3.75. The molecule has 2 aliphatic rings. The summed E-state index contributed by atoms with van der Waals surface area (Å²) in [6.07, 6.45) is -5.27. The number of aryl methyl sites for hydroxylation is 1. The summed E-state index contributed by atoms with van der Waals surface area (Å²) in [6.45, 7) is 0.638. The molecule has 2 fully saturated rings. The smallest absolute Gasteiger partial charge is 0.410 e. The molecular weight excluding hydrogens is 547 g/mol. The van der Waals surface area contributed by atoms with E-state index in [1.54, 1.807) is 13.0 Å². The van der Waals surface area contributed by atoms with E-state index in [4.69, 9.17) is 9.26 Å². The lowest BCUT2D eigenvalue weighted by Gasteiger charge is -2.33. The van der Waals surface area contributed by atoms with Crippen LogP contribution in [0.2, 0.25) is 0 Å². The number of hydrogen-bond acceptors (Lipinski definition) is 7. The van der Waals surface area contributed by atoms with E-state index < -0.39 is 67.5 Å². The van der Waals surface area contributed by atoms with Gasteiger partial charge in [0.1, 0.15) is 36.0 Å². The molecule has 3 heterocycles. The van der Waals surface area contributed by atoms with Crippen molar-refractivity contribution in [2.24, 2.45) is 5.92 Å². The molecule has 11 nitrogen and oxygen atoms in total. The number of carbonyl (C=O) groups is 3. The van der Waals surface area contributed by atoms with Gasteiger partial charge < -0.3 is 30.1 Å². The molecule has 0 unspecified atom stereocenters. The second kappa shape index (κ2) is 11.6. The number of urea groups is 1. The first-order valence-electron chi connectivity index (χ1n) is 12.4. The number of carbonyl (C=O) groups excluding carboxylic acids is 3. The molecule has 40 heavy (non-hydrogen) atoms. The molecular formula is C24H27F5N6O5. The zero-order valence-electron chi connectivity index (χ0n) is 21.3. The van der Waals surface area contributed by atoms with Crippen LogP contribution in [0.1, 0.15) is 42.7 Å². The molecule has 2 aromatic rings. The van der Waals surface area contributed by atoms with E-state index in [0.29, 0.717) is 17.0 Å². The first kappa shape index (κ1) is 29.0. The Morgan fingerprint density at radius 1 is 1.27 bits per heavy atom. The number of halogens is 5.